The van der Waals surface area contributed by atoms with E-state index in [1.165, 1.54) is 4.68 Å². The molecule has 0 aliphatic rings. The van der Waals surface area contributed by atoms with Crippen molar-refractivity contribution in [2.24, 2.45) is 0 Å². The van der Waals surface area contributed by atoms with Gasteiger partial charge in [0.05, 0.1) is 11.9 Å². The first-order valence-electron chi connectivity index (χ1n) is 6.82. The largest absolute Gasteiger partial charge is 0.312 e. The van der Waals surface area contributed by atoms with E-state index in [1.807, 2.05) is 12.1 Å². The van der Waals surface area contributed by atoms with Gasteiger partial charge in [0.15, 0.2) is 0 Å². The number of nitrogens with one attached hydrogen (secondary N) is 1. The summed E-state index contributed by atoms with van der Waals surface area (Å²) in [4.78, 5) is 12.3. The maximum absolute atomic E-state index is 12.3. The van der Waals surface area contributed by atoms with E-state index >= 15 is 0 Å². The highest BCUT2D eigenvalue weighted by Crippen LogP contribution is 2.04. The van der Waals surface area contributed by atoms with Crippen molar-refractivity contribution in [3.8, 4) is 0 Å². The van der Waals surface area contributed by atoms with Gasteiger partial charge in [-0.05, 0) is 31.5 Å². The number of nitrogens with zero attached hydrogens (tertiary/aromatic N) is 3. The van der Waals surface area contributed by atoms with E-state index in [0.717, 1.165) is 19.4 Å². The van der Waals surface area contributed by atoms with Crippen LogP contribution in [0.2, 0.25) is 0 Å². The first kappa shape index (κ1) is 13.7. The van der Waals surface area contributed by atoms with E-state index in [-0.39, 0.29) is 11.6 Å². The van der Waals surface area contributed by atoms with Crippen LogP contribution in [-0.2, 0) is 6.54 Å². The van der Waals surface area contributed by atoms with E-state index < -0.39 is 0 Å². The van der Waals surface area contributed by atoms with Crippen molar-refractivity contribution < 1.29 is 0 Å². The summed E-state index contributed by atoms with van der Waals surface area (Å²) < 4.78 is 1.46. The molecule has 1 N–H and O–H groups in total. The molecule has 0 saturated heterocycles. The zero-order valence-electron chi connectivity index (χ0n) is 11.5. The molecule has 0 bridgehead atoms. The van der Waals surface area contributed by atoms with Crippen LogP contribution < -0.4 is 10.9 Å². The fraction of sp³-hybridized carbons (Fsp3) is 0.500. The highest BCUT2D eigenvalue weighted by Gasteiger charge is 2.10. The third-order valence-corrected chi connectivity index (χ3v) is 3.20. The molecule has 0 spiro atoms. The lowest BCUT2D eigenvalue weighted by Gasteiger charge is -2.16. The lowest BCUT2D eigenvalue weighted by molar-refractivity contribution is 0.398. The van der Waals surface area contributed by atoms with E-state index in [4.69, 9.17) is 0 Å². The van der Waals surface area contributed by atoms with Crippen LogP contribution in [0, 0.1) is 0 Å². The Morgan fingerprint density at radius 2 is 2.11 bits per heavy atom. The van der Waals surface area contributed by atoms with Gasteiger partial charge in [0.25, 0.3) is 5.56 Å². The lowest BCUT2D eigenvalue weighted by atomic mass is 10.2. The molecule has 5 nitrogen and oxygen atoms in total. The first-order valence-corrected chi connectivity index (χ1v) is 6.82. The number of aromatic nitrogens is 3. The Morgan fingerprint density at radius 1 is 1.32 bits per heavy atom. The van der Waals surface area contributed by atoms with Crippen LogP contribution in [0.3, 0.4) is 0 Å². The second kappa shape index (κ2) is 6.43. The SMILES string of the molecule is CCCNC(CC)Cn1nnc2ccccc2c1=O. The summed E-state index contributed by atoms with van der Waals surface area (Å²) >= 11 is 0. The maximum atomic E-state index is 12.3. The molecule has 0 aliphatic carbocycles. The molecular weight excluding hydrogens is 240 g/mol. The normalized spacial score (nSPS) is 12.7. The molecule has 102 valence electrons. The van der Waals surface area contributed by atoms with Crippen LogP contribution in [0.25, 0.3) is 10.9 Å². The van der Waals surface area contributed by atoms with Gasteiger partial charge in [-0.1, -0.05) is 31.2 Å². The van der Waals surface area contributed by atoms with E-state index in [2.05, 4.69) is 29.5 Å². The molecule has 0 radical (unpaired) electrons. The summed E-state index contributed by atoms with van der Waals surface area (Å²) in [6.07, 6.45) is 2.04. The Kier molecular flexibility index (Phi) is 4.63. The average Bonchev–Trinajstić information content (AvgIpc) is 2.46. The molecule has 5 heteroatoms. The monoisotopic (exact) mass is 260 g/mol. The second-order valence-electron chi connectivity index (χ2n) is 4.65. The fourth-order valence-corrected chi connectivity index (χ4v) is 2.04. The van der Waals surface area contributed by atoms with Gasteiger partial charge in [-0.25, -0.2) is 4.68 Å². The molecule has 1 heterocycles. The Balaban J connectivity index is 2.25. The predicted molar refractivity (Wildman–Crippen MR) is 76.2 cm³/mol. The molecule has 1 unspecified atom stereocenters. The van der Waals surface area contributed by atoms with Crippen molar-refractivity contribution >= 4 is 10.9 Å². The van der Waals surface area contributed by atoms with E-state index in [1.54, 1.807) is 12.1 Å². The Hall–Kier alpha value is -1.75. The predicted octanol–water partition coefficient (Wildman–Crippen LogP) is 1.57. The third-order valence-electron chi connectivity index (χ3n) is 3.20. The van der Waals surface area contributed by atoms with Crippen molar-refractivity contribution in [3.63, 3.8) is 0 Å². The summed E-state index contributed by atoms with van der Waals surface area (Å²) in [5.41, 5.74) is 0.584. The second-order valence-corrected chi connectivity index (χ2v) is 4.65. The van der Waals surface area contributed by atoms with E-state index in [9.17, 15) is 4.79 Å². The topological polar surface area (TPSA) is 59.8 Å². The average molecular weight is 260 g/mol. The third kappa shape index (κ3) is 3.17. The molecule has 0 saturated carbocycles. The highest BCUT2D eigenvalue weighted by atomic mass is 16.1. The van der Waals surface area contributed by atoms with Gasteiger partial charge in [-0.3, -0.25) is 4.79 Å². The van der Waals surface area contributed by atoms with Crippen molar-refractivity contribution in [1.82, 2.24) is 20.3 Å². The standard InChI is InChI=1S/C14H20N4O/c1-3-9-15-11(4-2)10-18-14(19)12-7-5-6-8-13(12)16-17-18/h5-8,11,15H,3-4,9-10H2,1-2H3. The van der Waals surface area contributed by atoms with Crippen molar-refractivity contribution in [2.45, 2.75) is 39.3 Å². The summed E-state index contributed by atoms with van der Waals surface area (Å²) in [6, 6.07) is 7.57. The van der Waals surface area contributed by atoms with Crippen LogP contribution in [0.4, 0.5) is 0 Å². The first-order chi connectivity index (χ1) is 9.26. The lowest BCUT2D eigenvalue weighted by Crippen LogP contribution is -2.38. The quantitative estimate of drug-likeness (QED) is 0.856. The zero-order valence-corrected chi connectivity index (χ0v) is 11.5. The minimum absolute atomic E-state index is 0.0673. The highest BCUT2D eigenvalue weighted by molar-refractivity contribution is 5.76. The molecule has 0 amide bonds. The smallest absolute Gasteiger partial charge is 0.277 e. The molecule has 2 rings (SSSR count). The van der Waals surface area contributed by atoms with Crippen LogP contribution in [0.5, 0.6) is 0 Å². The van der Waals surface area contributed by atoms with Crippen molar-refractivity contribution in [2.75, 3.05) is 6.54 Å². The molecule has 19 heavy (non-hydrogen) atoms. The van der Waals surface area contributed by atoms with Gasteiger partial charge in [0.2, 0.25) is 0 Å². The summed E-state index contributed by atoms with van der Waals surface area (Å²) in [7, 11) is 0. The summed E-state index contributed by atoms with van der Waals surface area (Å²) in [5, 5.41) is 12.2. The number of benzene rings is 1. The number of hydrogen-bond donors (Lipinski definition) is 1. The van der Waals surface area contributed by atoms with Crippen molar-refractivity contribution in [3.05, 3.63) is 34.6 Å². The van der Waals surface area contributed by atoms with Gasteiger partial charge in [-0.15, -0.1) is 5.10 Å². The number of fused-ring (bicyclic) bond motifs is 1. The minimum atomic E-state index is -0.0673. The number of hydrogen-bond acceptors (Lipinski definition) is 4. The number of rotatable bonds is 6. The van der Waals surface area contributed by atoms with Crippen LogP contribution in [0.1, 0.15) is 26.7 Å². The molecule has 1 aromatic heterocycles. The fourth-order valence-electron chi connectivity index (χ4n) is 2.04. The molecular formula is C14H20N4O. The van der Waals surface area contributed by atoms with Gasteiger partial charge in [-0.2, -0.15) is 0 Å². The van der Waals surface area contributed by atoms with Gasteiger partial charge in [0.1, 0.15) is 5.52 Å². The molecule has 1 atom stereocenters. The Labute approximate surface area is 112 Å². The van der Waals surface area contributed by atoms with Crippen LogP contribution >= 0.6 is 0 Å². The van der Waals surface area contributed by atoms with Crippen LogP contribution in [0.15, 0.2) is 29.1 Å². The Morgan fingerprint density at radius 3 is 2.84 bits per heavy atom. The summed E-state index contributed by atoms with van der Waals surface area (Å²) in [6.45, 7) is 5.75. The molecule has 0 aliphatic heterocycles. The van der Waals surface area contributed by atoms with Gasteiger partial charge in [0, 0.05) is 6.04 Å². The molecule has 2 aromatic rings. The maximum Gasteiger partial charge on any atom is 0.277 e. The van der Waals surface area contributed by atoms with Gasteiger partial charge >= 0.3 is 0 Å². The van der Waals surface area contributed by atoms with E-state index in [0.29, 0.717) is 17.4 Å². The minimum Gasteiger partial charge on any atom is -0.312 e. The van der Waals surface area contributed by atoms with Crippen molar-refractivity contribution in [1.29, 1.82) is 0 Å². The summed E-state index contributed by atoms with van der Waals surface area (Å²) in [5.74, 6) is 0. The molecule has 1 aromatic carbocycles. The molecule has 0 fully saturated rings. The van der Waals surface area contributed by atoms with Gasteiger partial charge < -0.3 is 5.32 Å². The Bertz CT molecular complexity index is 593. The van der Waals surface area contributed by atoms with Crippen LogP contribution in [-0.4, -0.2) is 27.6 Å². The zero-order chi connectivity index (χ0) is 13.7.